The van der Waals surface area contributed by atoms with Crippen molar-refractivity contribution in [3.8, 4) is 22.8 Å². The lowest BCUT2D eigenvalue weighted by Gasteiger charge is -2.12. The van der Waals surface area contributed by atoms with Gasteiger partial charge in [0, 0.05) is 22.5 Å². The van der Waals surface area contributed by atoms with Gasteiger partial charge in [0.05, 0.1) is 5.69 Å². The SMILES string of the molecule is Cc1cccc(-c2nc3c(c(-c4cccc5ccccc45)n2)CCC3)n1. The van der Waals surface area contributed by atoms with E-state index < -0.39 is 0 Å². The third kappa shape index (κ3) is 2.48. The minimum absolute atomic E-state index is 0.734. The first kappa shape index (κ1) is 15.2. The van der Waals surface area contributed by atoms with Crippen molar-refractivity contribution in [2.75, 3.05) is 0 Å². The molecule has 0 fully saturated rings. The smallest absolute Gasteiger partial charge is 0.178 e. The van der Waals surface area contributed by atoms with Crippen molar-refractivity contribution in [3.63, 3.8) is 0 Å². The van der Waals surface area contributed by atoms with Gasteiger partial charge in [-0.25, -0.2) is 15.0 Å². The lowest BCUT2D eigenvalue weighted by atomic mass is 9.98. The molecule has 0 saturated carbocycles. The highest BCUT2D eigenvalue weighted by atomic mass is 14.9. The zero-order valence-corrected chi connectivity index (χ0v) is 14.7. The van der Waals surface area contributed by atoms with Gasteiger partial charge in [-0.3, -0.25) is 0 Å². The van der Waals surface area contributed by atoms with Gasteiger partial charge in [-0.05, 0) is 49.1 Å². The molecular formula is C23H19N3. The standard InChI is InChI=1S/C23H19N3/c1-15-7-4-14-21(24-15)23-25-20-13-6-12-19(20)22(26-23)18-11-5-9-16-8-2-3-10-17(16)18/h2-5,7-11,14H,6,12-13H2,1H3. The first-order chi connectivity index (χ1) is 12.8. The van der Waals surface area contributed by atoms with E-state index in [0.717, 1.165) is 42.2 Å². The van der Waals surface area contributed by atoms with Crippen molar-refractivity contribution < 1.29 is 0 Å². The summed E-state index contributed by atoms with van der Waals surface area (Å²) in [5.74, 6) is 0.734. The van der Waals surface area contributed by atoms with Gasteiger partial charge in [-0.2, -0.15) is 0 Å². The number of benzene rings is 2. The third-order valence-electron chi connectivity index (χ3n) is 5.10. The molecule has 3 nitrogen and oxygen atoms in total. The molecule has 1 aliphatic carbocycles. The molecule has 0 aliphatic heterocycles. The van der Waals surface area contributed by atoms with Gasteiger partial charge in [-0.15, -0.1) is 0 Å². The predicted octanol–water partition coefficient (Wildman–Crippen LogP) is 5.16. The fourth-order valence-corrected chi connectivity index (χ4v) is 3.87. The third-order valence-corrected chi connectivity index (χ3v) is 5.10. The molecule has 0 radical (unpaired) electrons. The van der Waals surface area contributed by atoms with Crippen LogP contribution in [0.5, 0.6) is 0 Å². The van der Waals surface area contributed by atoms with Crippen molar-refractivity contribution in [1.82, 2.24) is 15.0 Å². The van der Waals surface area contributed by atoms with E-state index in [-0.39, 0.29) is 0 Å². The molecule has 0 atom stereocenters. The van der Waals surface area contributed by atoms with Crippen molar-refractivity contribution in [2.24, 2.45) is 0 Å². The quantitative estimate of drug-likeness (QED) is 0.507. The summed E-state index contributed by atoms with van der Waals surface area (Å²) in [6.45, 7) is 2.00. The fraction of sp³-hybridized carbons (Fsp3) is 0.174. The van der Waals surface area contributed by atoms with Crippen LogP contribution in [0.25, 0.3) is 33.5 Å². The normalized spacial score (nSPS) is 13.1. The van der Waals surface area contributed by atoms with Crippen LogP contribution in [0.15, 0.2) is 60.7 Å². The van der Waals surface area contributed by atoms with E-state index in [1.165, 1.54) is 27.6 Å². The molecule has 2 aromatic heterocycles. The Balaban J connectivity index is 1.79. The molecule has 126 valence electrons. The molecule has 0 spiro atoms. The molecule has 5 rings (SSSR count). The van der Waals surface area contributed by atoms with Gasteiger partial charge in [0.2, 0.25) is 0 Å². The molecule has 1 aliphatic rings. The number of rotatable bonds is 2. The zero-order valence-electron chi connectivity index (χ0n) is 14.7. The Morgan fingerprint density at radius 1 is 0.769 bits per heavy atom. The molecule has 2 heterocycles. The Bertz CT molecular complexity index is 1130. The molecule has 0 bridgehead atoms. The molecule has 3 heteroatoms. The number of aryl methyl sites for hydroxylation is 2. The summed E-state index contributed by atoms with van der Waals surface area (Å²) in [5.41, 5.74) is 6.58. The van der Waals surface area contributed by atoms with Crippen LogP contribution >= 0.6 is 0 Å². The Morgan fingerprint density at radius 3 is 2.54 bits per heavy atom. The van der Waals surface area contributed by atoms with Gasteiger partial charge in [0.25, 0.3) is 0 Å². The number of hydrogen-bond acceptors (Lipinski definition) is 3. The number of nitrogens with zero attached hydrogens (tertiary/aromatic N) is 3. The van der Waals surface area contributed by atoms with E-state index >= 15 is 0 Å². The molecule has 26 heavy (non-hydrogen) atoms. The molecule has 2 aromatic carbocycles. The predicted molar refractivity (Wildman–Crippen MR) is 105 cm³/mol. The Hall–Kier alpha value is -3.07. The summed E-state index contributed by atoms with van der Waals surface area (Å²) < 4.78 is 0. The van der Waals surface area contributed by atoms with Crippen LogP contribution in [-0.4, -0.2) is 15.0 Å². The second-order valence-corrected chi connectivity index (χ2v) is 6.87. The van der Waals surface area contributed by atoms with Crippen LogP contribution in [0.1, 0.15) is 23.4 Å². The molecular weight excluding hydrogens is 318 g/mol. The number of hydrogen-bond donors (Lipinski definition) is 0. The Kier molecular flexibility index (Phi) is 3.52. The monoisotopic (exact) mass is 337 g/mol. The molecule has 0 saturated heterocycles. The summed E-state index contributed by atoms with van der Waals surface area (Å²) in [6, 6.07) is 21.0. The minimum atomic E-state index is 0.734. The molecule has 0 unspecified atom stereocenters. The summed E-state index contributed by atoms with van der Waals surface area (Å²) in [4.78, 5) is 14.5. The van der Waals surface area contributed by atoms with E-state index in [1.807, 2.05) is 25.1 Å². The molecule has 0 amide bonds. The van der Waals surface area contributed by atoms with E-state index in [1.54, 1.807) is 0 Å². The van der Waals surface area contributed by atoms with Gasteiger partial charge in [0.1, 0.15) is 5.69 Å². The number of aromatic nitrogens is 3. The van der Waals surface area contributed by atoms with Crippen LogP contribution in [-0.2, 0) is 12.8 Å². The van der Waals surface area contributed by atoms with Gasteiger partial charge in [-0.1, -0.05) is 48.5 Å². The topological polar surface area (TPSA) is 38.7 Å². The van der Waals surface area contributed by atoms with Crippen LogP contribution in [0.2, 0.25) is 0 Å². The summed E-state index contributed by atoms with van der Waals surface area (Å²) in [5, 5.41) is 2.48. The second kappa shape index (κ2) is 6.03. The Morgan fingerprint density at radius 2 is 1.62 bits per heavy atom. The van der Waals surface area contributed by atoms with E-state index in [4.69, 9.17) is 9.97 Å². The van der Waals surface area contributed by atoms with Gasteiger partial charge < -0.3 is 0 Å². The van der Waals surface area contributed by atoms with E-state index in [2.05, 4.69) is 47.4 Å². The maximum atomic E-state index is 5.00. The summed E-state index contributed by atoms with van der Waals surface area (Å²) in [7, 11) is 0. The van der Waals surface area contributed by atoms with Gasteiger partial charge in [0.15, 0.2) is 5.82 Å². The first-order valence-electron chi connectivity index (χ1n) is 9.11. The molecule has 0 N–H and O–H groups in total. The highest BCUT2D eigenvalue weighted by Crippen LogP contribution is 2.35. The summed E-state index contributed by atoms with van der Waals surface area (Å²) >= 11 is 0. The van der Waals surface area contributed by atoms with Crippen molar-refractivity contribution in [2.45, 2.75) is 26.2 Å². The average Bonchev–Trinajstić information content (AvgIpc) is 3.15. The van der Waals surface area contributed by atoms with Crippen molar-refractivity contribution >= 4 is 10.8 Å². The number of fused-ring (bicyclic) bond motifs is 2. The fourth-order valence-electron chi connectivity index (χ4n) is 3.87. The van der Waals surface area contributed by atoms with Crippen molar-refractivity contribution in [1.29, 1.82) is 0 Å². The highest BCUT2D eigenvalue weighted by molar-refractivity contribution is 5.96. The largest absolute Gasteiger partial charge is 0.250 e. The number of pyridine rings is 1. The average molecular weight is 337 g/mol. The molecule has 4 aromatic rings. The van der Waals surface area contributed by atoms with Crippen LogP contribution in [0, 0.1) is 6.92 Å². The maximum Gasteiger partial charge on any atom is 0.178 e. The minimum Gasteiger partial charge on any atom is -0.250 e. The Labute approximate surface area is 152 Å². The zero-order chi connectivity index (χ0) is 17.5. The summed E-state index contributed by atoms with van der Waals surface area (Å²) in [6.07, 6.45) is 3.22. The van der Waals surface area contributed by atoms with Crippen molar-refractivity contribution in [3.05, 3.63) is 77.6 Å². The van der Waals surface area contributed by atoms with Gasteiger partial charge >= 0.3 is 0 Å². The van der Waals surface area contributed by atoms with E-state index in [9.17, 15) is 0 Å². The maximum absolute atomic E-state index is 5.00. The highest BCUT2D eigenvalue weighted by Gasteiger charge is 2.22. The van der Waals surface area contributed by atoms with E-state index in [0.29, 0.717) is 0 Å². The lowest BCUT2D eigenvalue weighted by molar-refractivity contribution is 0.899. The second-order valence-electron chi connectivity index (χ2n) is 6.87. The lowest BCUT2D eigenvalue weighted by Crippen LogP contribution is -2.02. The van der Waals surface area contributed by atoms with Crippen LogP contribution in [0.3, 0.4) is 0 Å². The van der Waals surface area contributed by atoms with Crippen LogP contribution < -0.4 is 0 Å². The first-order valence-corrected chi connectivity index (χ1v) is 9.11. The van der Waals surface area contributed by atoms with Crippen LogP contribution in [0.4, 0.5) is 0 Å².